The highest BCUT2D eigenvalue weighted by Crippen LogP contribution is 2.29. The second-order valence-electron chi connectivity index (χ2n) is 5.92. The standard InChI is InChI=1S/C16H23NO2/c1-12(15(18)19)14-7-5-13(6-8-14)11-17-16(2)9-3-4-10-16/h5-8,12,17H,3-4,9-11H2,1-2H3,(H,18,19). The number of nitrogens with one attached hydrogen (secondary N) is 1. The first-order valence-corrected chi connectivity index (χ1v) is 7.07. The molecule has 0 aliphatic heterocycles. The van der Waals surface area contributed by atoms with Gasteiger partial charge in [0.2, 0.25) is 0 Å². The third kappa shape index (κ3) is 3.57. The van der Waals surface area contributed by atoms with Crippen LogP contribution < -0.4 is 5.32 Å². The van der Waals surface area contributed by atoms with E-state index >= 15 is 0 Å². The van der Waals surface area contributed by atoms with E-state index in [1.807, 2.05) is 24.3 Å². The van der Waals surface area contributed by atoms with Gasteiger partial charge in [0.05, 0.1) is 5.92 Å². The number of carboxylic acids is 1. The lowest BCUT2D eigenvalue weighted by Crippen LogP contribution is -2.38. The van der Waals surface area contributed by atoms with Crippen molar-refractivity contribution in [3.05, 3.63) is 35.4 Å². The molecular weight excluding hydrogens is 238 g/mol. The first-order chi connectivity index (χ1) is 9.00. The number of carbonyl (C=O) groups is 1. The van der Waals surface area contributed by atoms with Crippen molar-refractivity contribution >= 4 is 5.97 Å². The maximum absolute atomic E-state index is 10.9. The van der Waals surface area contributed by atoms with Crippen molar-refractivity contribution in [1.82, 2.24) is 5.32 Å². The van der Waals surface area contributed by atoms with Crippen molar-refractivity contribution in [3.63, 3.8) is 0 Å². The van der Waals surface area contributed by atoms with Crippen LogP contribution in [-0.4, -0.2) is 16.6 Å². The molecule has 0 spiro atoms. The van der Waals surface area contributed by atoms with E-state index in [4.69, 9.17) is 5.11 Å². The van der Waals surface area contributed by atoms with Gasteiger partial charge in [-0.15, -0.1) is 0 Å². The Labute approximate surface area is 115 Å². The van der Waals surface area contributed by atoms with E-state index in [2.05, 4.69) is 12.2 Å². The Balaban J connectivity index is 1.93. The Hall–Kier alpha value is -1.35. The van der Waals surface area contributed by atoms with E-state index in [-0.39, 0.29) is 5.54 Å². The fourth-order valence-electron chi connectivity index (χ4n) is 2.71. The van der Waals surface area contributed by atoms with Gasteiger partial charge in [0, 0.05) is 12.1 Å². The molecule has 3 nitrogen and oxygen atoms in total. The third-order valence-corrected chi connectivity index (χ3v) is 4.28. The summed E-state index contributed by atoms with van der Waals surface area (Å²) in [6.45, 7) is 4.87. The number of aliphatic carboxylic acids is 1. The highest BCUT2D eigenvalue weighted by atomic mass is 16.4. The molecule has 19 heavy (non-hydrogen) atoms. The second kappa shape index (κ2) is 5.74. The van der Waals surface area contributed by atoms with Crippen LogP contribution in [0.4, 0.5) is 0 Å². The summed E-state index contributed by atoms with van der Waals surface area (Å²) >= 11 is 0. The lowest BCUT2D eigenvalue weighted by molar-refractivity contribution is -0.138. The van der Waals surface area contributed by atoms with Crippen LogP contribution in [0.5, 0.6) is 0 Å². The average molecular weight is 261 g/mol. The van der Waals surface area contributed by atoms with E-state index in [1.165, 1.54) is 31.2 Å². The minimum absolute atomic E-state index is 0.285. The SMILES string of the molecule is CC(C(=O)O)c1ccc(CNC2(C)CCCC2)cc1. The molecule has 2 rings (SSSR count). The molecule has 0 saturated heterocycles. The predicted molar refractivity (Wildman–Crippen MR) is 76.2 cm³/mol. The monoisotopic (exact) mass is 261 g/mol. The maximum Gasteiger partial charge on any atom is 0.310 e. The molecule has 0 bridgehead atoms. The molecule has 0 heterocycles. The lowest BCUT2D eigenvalue weighted by Gasteiger charge is -2.25. The highest BCUT2D eigenvalue weighted by Gasteiger charge is 2.27. The molecule has 1 unspecified atom stereocenters. The van der Waals surface area contributed by atoms with E-state index in [0.717, 1.165) is 12.1 Å². The zero-order valence-electron chi connectivity index (χ0n) is 11.8. The average Bonchev–Trinajstić information content (AvgIpc) is 2.83. The van der Waals surface area contributed by atoms with E-state index in [9.17, 15) is 4.79 Å². The van der Waals surface area contributed by atoms with Gasteiger partial charge >= 0.3 is 5.97 Å². The molecule has 1 aromatic carbocycles. The number of benzene rings is 1. The fourth-order valence-corrected chi connectivity index (χ4v) is 2.71. The number of hydrogen-bond donors (Lipinski definition) is 2. The molecule has 1 aliphatic rings. The topological polar surface area (TPSA) is 49.3 Å². The predicted octanol–water partition coefficient (Wildman–Crippen LogP) is 3.30. The van der Waals surface area contributed by atoms with Crippen molar-refractivity contribution in [2.24, 2.45) is 0 Å². The third-order valence-electron chi connectivity index (χ3n) is 4.28. The van der Waals surface area contributed by atoms with Gasteiger partial charge in [-0.1, -0.05) is 37.1 Å². The number of hydrogen-bond acceptors (Lipinski definition) is 2. The van der Waals surface area contributed by atoms with Crippen molar-refractivity contribution in [1.29, 1.82) is 0 Å². The van der Waals surface area contributed by atoms with E-state index in [1.54, 1.807) is 6.92 Å². The normalized spacial score (nSPS) is 19.3. The Morgan fingerprint density at radius 2 is 1.89 bits per heavy atom. The van der Waals surface area contributed by atoms with Gasteiger partial charge in [-0.25, -0.2) is 0 Å². The van der Waals surface area contributed by atoms with Gasteiger partial charge in [-0.2, -0.15) is 0 Å². The van der Waals surface area contributed by atoms with Gasteiger partial charge in [-0.3, -0.25) is 4.79 Å². The highest BCUT2D eigenvalue weighted by molar-refractivity contribution is 5.75. The first kappa shape index (κ1) is 14.1. The second-order valence-corrected chi connectivity index (χ2v) is 5.92. The van der Waals surface area contributed by atoms with Crippen LogP contribution in [0.25, 0.3) is 0 Å². The Bertz CT molecular complexity index is 433. The summed E-state index contributed by atoms with van der Waals surface area (Å²) in [5.74, 6) is -1.21. The minimum atomic E-state index is -0.774. The van der Waals surface area contributed by atoms with Crippen LogP contribution in [0.15, 0.2) is 24.3 Å². The molecule has 1 aliphatic carbocycles. The van der Waals surface area contributed by atoms with Crippen molar-refractivity contribution in [2.45, 2.75) is 57.5 Å². The summed E-state index contributed by atoms with van der Waals surface area (Å²) in [5.41, 5.74) is 2.37. The molecule has 3 heteroatoms. The summed E-state index contributed by atoms with van der Waals surface area (Å²) in [6, 6.07) is 7.90. The maximum atomic E-state index is 10.9. The molecule has 1 aromatic rings. The van der Waals surface area contributed by atoms with Crippen molar-refractivity contribution in [3.8, 4) is 0 Å². The van der Waals surface area contributed by atoms with Crippen molar-refractivity contribution < 1.29 is 9.90 Å². The summed E-state index contributed by atoms with van der Waals surface area (Å²) in [5, 5.41) is 12.6. The van der Waals surface area contributed by atoms with Gasteiger partial charge in [0.25, 0.3) is 0 Å². The molecule has 0 radical (unpaired) electrons. The van der Waals surface area contributed by atoms with Crippen LogP contribution in [-0.2, 0) is 11.3 Å². The summed E-state index contributed by atoms with van der Waals surface area (Å²) in [6.07, 6.45) is 5.14. The lowest BCUT2D eigenvalue weighted by atomic mass is 9.98. The molecule has 1 saturated carbocycles. The number of rotatable bonds is 5. The van der Waals surface area contributed by atoms with Crippen LogP contribution in [0.2, 0.25) is 0 Å². The summed E-state index contributed by atoms with van der Waals surface area (Å²) < 4.78 is 0. The van der Waals surface area contributed by atoms with Gasteiger partial charge < -0.3 is 10.4 Å². The van der Waals surface area contributed by atoms with Crippen LogP contribution in [0.1, 0.15) is 56.6 Å². The quantitative estimate of drug-likeness (QED) is 0.855. The van der Waals surface area contributed by atoms with Crippen LogP contribution in [0, 0.1) is 0 Å². The zero-order valence-corrected chi connectivity index (χ0v) is 11.8. The first-order valence-electron chi connectivity index (χ1n) is 7.07. The summed E-state index contributed by atoms with van der Waals surface area (Å²) in [4.78, 5) is 10.9. The van der Waals surface area contributed by atoms with Gasteiger partial charge in [0.15, 0.2) is 0 Å². The minimum Gasteiger partial charge on any atom is -0.481 e. The Morgan fingerprint density at radius 1 is 1.32 bits per heavy atom. The molecule has 0 amide bonds. The molecule has 1 fully saturated rings. The molecule has 1 atom stereocenters. The van der Waals surface area contributed by atoms with E-state index in [0.29, 0.717) is 0 Å². The zero-order chi connectivity index (χ0) is 13.9. The molecular formula is C16H23NO2. The van der Waals surface area contributed by atoms with Gasteiger partial charge in [-0.05, 0) is 37.8 Å². The Kier molecular flexibility index (Phi) is 4.25. The van der Waals surface area contributed by atoms with E-state index < -0.39 is 11.9 Å². The largest absolute Gasteiger partial charge is 0.481 e. The summed E-state index contributed by atoms with van der Waals surface area (Å²) in [7, 11) is 0. The van der Waals surface area contributed by atoms with Crippen LogP contribution >= 0.6 is 0 Å². The Morgan fingerprint density at radius 3 is 2.42 bits per heavy atom. The molecule has 0 aromatic heterocycles. The number of carboxylic acid groups (broad SMARTS) is 1. The fraction of sp³-hybridized carbons (Fsp3) is 0.562. The smallest absolute Gasteiger partial charge is 0.310 e. The van der Waals surface area contributed by atoms with Crippen molar-refractivity contribution in [2.75, 3.05) is 0 Å². The molecule has 104 valence electrons. The molecule has 2 N–H and O–H groups in total. The van der Waals surface area contributed by atoms with Gasteiger partial charge in [0.1, 0.15) is 0 Å². The van der Waals surface area contributed by atoms with Crippen LogP contribution in [0.3, 0.4) is 0 Å².